The number of piperidine rings is 1. The fourth-order valence-electron chi connectivity index (χ4n) is 3.15. The first-order valence-electron chi connectivity index (χ1n) is 8.24. The predicted octanol–water partition coefficient (Wildman–Crippen LogP) is 2.91. The molecule has 1 atom stereocenters. The Hall–Kier alpha value is -2.60. The molecule has 0 amide bonds. The van der Waals surface area contributed by atoms with Crippen LogP contribution in [0.1, 0.15) is 30.2 Å². The topological polar surface area (TPSA) is 67.9 Å². The van der Waals surface area contributed by atoms with Gasteiger partial charge < -0.3 is 4.42 Å². The van der Waals surface area contributed by atoms with Gasteiger partial charge in [-0.25, -0.2) is 4.98 Å². The second-order valence-electron chi connectivity index (χ2n) is 6.10. The summed E-state index contributed by atoms with van der Waals surface area (Å²) in [4.78, 5) is 10.7. The van der Waals surface area contributed by atoms with Crippen LogP contribution in [0, 0.1) is 0 Å². The second kappa shape index (κ2) is 6.88. The van der Waals surface area contributed by atoms with E-state index in [1.807, 2.05) is 0 Å². The molecule has 4 rings (SSSR count). The Morgan fingerprint density at radius 2 is 2.04 bits per heavy atom. The van der Waals surface area contributed by atoms with E-state index in [0.29, 0.717) is 17.5 Å². The fraction of sp³-hybridized carbons (Fsp3) is 0.333. The van der Waals surface area contributed by atoms with Crippen LogP contribution in [-0.2, 0) is 6.54 Å². The Morgan fingerprint density at radius 3 is 2.88 bits per heavy atom. The SMILES string of the molecule is c1ccc(CN2CCC[C@@H](c3nnc(-c4cnccn4)o3)C2)cc1. The number of benzene rings is 1. The summed E-state index contributed by atoms with van der Waals surface area (Å²) in [6, 6.07) is 10.6. The summed E-state index contributed by atoms with van der Waals surface area (Å²) < 4.78 is 5.86. The molecule has 0 aliphatic carbocycles. The van der Waals surface area contributed by atoms with Gasteiger partial charge in [0.2, 0.25) is 5.89 Å². The zero-order chi connectivity index (χ0) is 16.2. The Kier molecular flexibility index (Phi) is 4.29. The maximum atomic E-state index is 5.86. The van der Waals surface area contributed by atoms with Gasteiger partial charge in [0.15, 0.2) is 0 Å². The molecule has 0 spiro atoms. The molecule has 24 heavy (non-hydrogen) atoms. The van der Waals surface area contributed by atoms with Gasteiger partial charge in [-0.3, -0.25) is 9.88 Å². The molecule has 3 aromatic rings. The van der Waals surface area contributed by atoms with Crippen molar-refractivity contribution in [3.05, 3.63) is 60.4 Å². The van der Waals surface area contributed by atoms with Gasteiger partial charge in [0, 0.05) is 25.5 Å². The van der Waals surface area contributed by atoms with E-state index >= 15 is 0 Å². The minimum Gasteiger partial charge on any atom is -0.419 e. The van der Waals surface area contributed by atoms with Gasteiger partial charge in [0.1, 0.15) is 5.69 Å². The molecule has 2 aromatic heterocycles. The molecular formula is C18H19N5O. The highest BCUT2D eigenvalue weighted by atomic mass is 16.4. The van der Waals surface area contributed by atoms with E-state index in [1.54, 1.807) is 18.6 Å². The molecule has 0 bridgehead atoms. The molecule has 0 saturated carbocycles. The molecular weight excluding hydrogens is 302 g/mol. The lowest BCUT2D eigenvalue weighted by molar-refractivity contribution is 0.186. The maximum Gasteiger partial charge on any atom is 0.267 e. The zero-order valence-electron chi connectivity index (χ0n) is 13.4. The molecule has 122 valence electrons. The summed E-state index contributed by atoms with van der Waals surface area (Å²) in [6.45, 7) is 3.01. The highest BCUT2D eigenvalue weighted by Gasteiger charge is 2.26. The number of aromatic nitrogens is 4. The summed E-state index contributed by atoms with van der Waals surface area (Å²) in [5.74, 6) is 1.42. The van der Waals surface area contributed by atoms with Crippen molar-refractivity contribution in [2.24, 2.45) is 0 Å². The van der Waals surface area contributed by atoms with E-state index in [0.717, 1.165) is 32.5 Å². The molecule has 1 fully saturated rings. The molecule has 3 heterocycles. The molecule has 0 unspecified atom stereocenters. The first kappa shape index (κ1) is 15.0. The second-order valence-corrected chi connectivity index (χ2v) is 6.10. The molecule has 1 saturated heterocycles. The Morgan fingerprint density at radius 1 is 1.12 bits per heavy atom. The molecule has 1 aliphatic heterocycles. The van der Waals surface area contributed by atoms with Crippen LogP contribution in [-0.4, -0.2) is 38.2 Å². The van der Waals surface area contributed by atoms with Crippen molar-refractivity contribution >= 4 is 0 Å². The molecule has 0 radical (unpaired) electrons. The Bertz CT molecular complexity index is 774. The summed E-state index contributed by atoms with van der Waals surface area (Å²) in [7, 11) is 0. The molecule has 6 nitrogen and oxygen atoms in total. The van der Waals surface area contributed by atoms with Crippen LogP contribution in [0.3, 0.4) is 0 Å². The normalized spacial score (nSPS) is 18.6. The summed E-state index contributed by atoms with van der Waals surface area (Å²) in [5, 5.41) is 8.38. The van der Waals surface area contributed by atoms with Crippen molar-refractivity contribution < 1.29 is 4.42 Å². The smallest absolute Gasteiger partial charge is 0.267 e. The molecule has 0 N–H and O–H groups in total. The van der Waals surface area contributed by atoms with Gasteiger partial charge >= 0.3 is 0 Å². The first-order chi connectivity index (χ1) is 11.9. The predicted molar refractivity (Wildman–Crippen MR) is 89.0 cm³/mol. The number of rotatable bonds is 4. The third-order valence-corrected chi connectivity index (χ3v) is 4.33. The average Bonchev–Trinajstić information content (AvgIpc) is 3.14. The summed E-state index contributed by atoms with van der Waals surface area (Å²) in [6.07, 6.45) is 7.11. The molecule has 1 aliphatic rings. The van der Waals surface area contributed by atoms with E-state index in [9.17, 15) is 0 Å². The first-order valence-corrected chi connectivity index (χ1v) is 8.24. The lowest BCUT2D eigenvalue weighted by Crippen LogP contribution is -2.34. The van der Waals surface area contributed by atoms with Crippen molar-refractivity contribution in [2.75, 3.05) is 13.1 Å². The summed E-state index contributed by atoms with van der Waals surface area (Å²) >= 11 is 0. The van der Waals surface area contributed by atoms with Crippen LogP contribution >= 0.6 is 0 Å². The van der Waals surface area contributed by atoms with Crippen molar-refractivity contribution in [1.29, 1.82) is 0 Å². The summed E-state index contributed by atoms with van der Waals surface area (Å²) in [5.41, 5.74) is 1.96. The zero-order valence-corrected chi connectivity index (χ0v) is 13.4. The van der Waals surface area contributed by atoms with Crippen molar-refractivity contribution in [1.82, 2.24) is 25.1 Å². The molecule has 1 aromatic carbocycles. The number of likely N-dealkylation sites (tertiary alicyclic amines) is 1. The minimum absolute atomic E-state index is 0.278. The van der Waals surface area contributed by atoms with Gasteiger partial charge in [-0.1, -0.05) is 30.3 Å². The van der Waals surface area contributed by atoms with E-state index < -0.39 is 0 Å². The highest BCUT2D eigenvalue weighted by Crippen LogP contribution is 2.28. The van der Waals surface area contributed by atoms with Gasteiger partial charge in [-0.15, -0.1) is 10.2 Å². The van der Waals surface area contributed by atoms with Crippen LogP contribution in [0.4, 0.5) is 0 Å². The van der Waals surface area contributed by atoms with Crippen LogP contribution in [0.25, 0.3) is 11.6 Å². The van der Waals surface area contributed by atoms with Gasteiger partial charge in [0.25, 0.3) is 5.89 Å². The standard InChI is InChI=1S/C18H19N5O/c1-2-5-14(6-3-1)12-23-10-4-7-15(13-23)17-21-22-18(24-17)16-11-19-8-9-20-16/h1-3,5-6,8-9,11,15H,4,7,10,12-13H2/t15-/m1/s1. The average molecular weight is 321 g/mol. The van der Waals surface area contributed by atoms with Gasteiger partial charge in [0.05, 0.1) is 12.1 Å². The number of hydrogen-bond acceptors (Lipinski definition) is 6. The van der Waals surface area contributed by atoms with Gasteiger partial charge in [-0.2, -0.15) is 0 Å². The van der Waals surface area contributed by atoms with Crippen LogP contribution in [0.5, 0.6) is 0 Å². The highest BCUT2D eigenvalue weighted by molar-refractivity contribution is 5.43. The van der Waals surface area contributed by atoms with Crippen LogP contribution < -0.4 is 0 Å². The third-order valence-electron chi connectivity index (χ3n) is 4.33. The van der Waals surface area contributed by atoms with E-state index in [1.165, 1.54) is 5.56 Å². The quantitative estimate of drug-likeness (QED) is 0.736. The largest absolute Gasteiger partial charge is 0.419 e. The molecule has 6 heteroatoms. The van der Waals surface area contributed by atoms with E-state index in [2.05, 4.69) is 55.4 Å². The number of hydrogen-bond donors (Lipinski definition) is 0. The van der Waals surface area contributed by atoms with Crippen molar-refractivity contribution in [2.45, 2.75) is 25.3 Å². The Balaban J connectivity index is 1.45. The number of nitrogens with zero attached hydrogens (tertiary/aromatic N) is 5. The Labute approximate surface area is 140 Å². The van der Waals surface area contributed by atoms with Crippen molar-refractivity contribution in [3.63, 3.8) is 0 Å². The maximum absolute atomic E-state index is 5.86. The van der Waals surface area contributed by atoms with Crippen LogP contribution in [0.15, 0.2) is 53.3 Å². The van der Waals surface area contributed by atoms with Crippen LogP contribution in [0.2, 0.25) is 0 Å². The monoisotopic (exact) mass is 321 g/mol. The minimum atomic E-state index is 0.278. The lowest BCUT2D eigenvalue weighted by atomic mass is 9.97. The lowest BCUT2D eigenvalue weighted by Gasteiger charge is -2.31. The fourth-order valence-corrected chi connectivity index (χ4v) is 3.15. The van der Waals surface area contributed by atoms with Gasteiger partial charge in [-0.05, 0) is 24.9 Å². The van der Waals surface area contributed by atoms with Crippen molar-refractivity contribution in [3.8, 4) is 11.6 Å². The van der Waals surface area contributed by atoms with E-state index in [-0.39, 0.29) is 5.92 Å². The third kappa shape index (κ3) is 3.33. The van der Waals surface area contributed by atoms with E-state index in [4.69, 9.17) is 4.42 Å².